The van der Waals surface area contributed by atoms with Gasteiger partial charge < -0.3 is 9.84 Å². The van der Waals surface area contributed by atoms with Crippen LogP contribution in [0.25, 0.3) is 0 Å². The fourth-order valence-corrected chi connectivity index (χ4v) is 2.37. The minimum absolute atomic E-state index is 0.437. The van der Waals surface area contributed by atoms with E-state index in [1.54, 1.807) is 48.9 Å². The largest absolute Gasteiger partial charge is 0.446 e. The van der Waals surface area contributed by atoms with Gasteiger partial charge in [0, 0.05) is 0 Å². The standard InChI is InChI=1S/C12H18N2O5S/c1-9(2)19-12(16)14-20(17,18)13-11(8-15)10-6-4-3-5-7-10/h3-7,9,11,13,15H,8H2,1-2H3,(H,14,16). The molecule has 0 heterocycles. The van der Waals surface area contributed by atoms with Crippen LogP contribution in [0.3, 0.4) is 0 Å². The molecule has 20 heavy (non-hydrogen) atoms. The number of hydrogen-bond donors (Lipinski definition) is 3. The van der Waals surface area contributed by atoms with Gasteiger partial charge in [-0.05, 0) is 19.4 Å². The van der Waals surface area contributed by atoms with Crippen molar-refractivity contribution in [3.05, 3.63) is 35.9 Å². The van der Waals surface area contributed by atoms with E-state index in [-0.39, 0.29) is 0 Å². The van der Waals surface area contributed by atoms with Crippen LogP contribution in [0.4, 0.5) is 4.79 Å². The van der Waals surface area contributed by atoms with Gasteiger partial charge in [0.1, 0.15) is 0 Å². The fourth-order valence-electron chi connectivity index (χ4n) is 1.46. The van der Waals surface area contributed by atoms with Crippen LogP contribution in [-0.2, 0) is 14.9 Å². The summed E-state index contributed by atoms with van der Waals surface area (Å²) in [4.78, 5) is 11.3. The van der Waals surface area contributed by atoms with Crippen LogP contribution in [0, 0.1) is 0 Å². The molecule has 112 valence electrons. The summed E-state index contributed by atoms with van der Waals surface area (Å²) in [5.74, 6) is 0. The molecule has 0 saturated carbocycles. The minimum Gasteiger partial charge on any atom is -0.446 e. The highest BCUT2D eigenvalue weighted by molar-refractivity contribution is 7.88. The van der Waals surface area contributed by atoms with E-state index in [1.807, 2.05) is 0 Å². The van der Waals surface area contributed by atoms with Crippen LogP contribution in [0.5, 0.6) is 0 Å². The Morgan fingerprint density at radius 1 is 1.30 bits per heavy atom. The highest BCUT2D eigenvalue weighted by Gasteiger charge is 2.21. The molecule has 7 nitrogen and oxygen atoms in total. The van der Waals surface area contributed by atoms with Gasteiger partial charge in [-0.25, -0.2) is 9.52 Å². The smallest absolute Gasteiger partial charge is 0.422 e. The molecular weight excluding hydrogens is 284 g/mol. The molecule has 1 aromatic carbocycles. The Kier molecular flexibility index (Phi) is 5.93. The van der Waals surface area contributed by atoms with E-state index in [2.05, 4.69) is 9.46 Å². The zero-order chi connectivity index (χ0) is 15.2. The molecule has 0 saturated heterocycles. The van der Waals surface area contributed by atoms with Gasteiger partial charge in [-0.15, -0.1) is 0 Å². The lowest BCUT2D eigenvalue weighted by molar-refractivity contribution is 0.121. The van der Waals surface area contributed by atoms with Crippen LogP contribution in [0.1, 0.15) is 25.5 Å². The molecule has 0 aliphatic heterocycles. The van der Waals surface area contributed by atoms with Crippen LogP contribution in [-0.4, -0.2) is 32.3 Å². The van der Waals surface area contributed by atoms with Gasteiger partial charge in [0.2, 0.25) is 0 Å². The first-order chi connectivity index (χ1) is 9.34. The fraction of sp³-hybridized carbons (Fsp3) is 0.417. The normalized spacial score (nSPS) is 13.0. The molecule has 8 heteroatoms. The minimum atomic E-state index is -4.12. The molecule has 1 aromatic rings. The third-order valence-corrected chi connectivity index (χ3v) is 3.27. The topological polar surface area (TPSA) is 105 Å². The predicted octanol–water partition coefficient (Wildman–Crippen LogP) is 0.689. The SMILES string of the molecule is CC(C)OC(=O)NS(=O)(=O)NC(CO)c1ccccc1. The molecular formula is C12H18N2O5S. The summed E-state index contributed by atoms with van der Waals surface area (Å²) >= 11 is 0. The number of nitrogens with one attached hydrogen (secondary N) is 2. The summed E-state index contributed by atoms with van der Waals surface area (Å²) in [5.41, 5.74) is 0.581. The third kappa shape index (κ3) is 5.55. The van der Waals surface area contributed by atoms with E-state index in [0.29, 0.717) is 5.56 Å². The Balaban J connectivity index is 2.71. The second-order valence-corrected chi connectivity index (χ2v) is 5.77. The average molecular weight is 302 g/mol. The molecule has 0 radical (unpaired) electrons. The zero-order valence-corrected chi connectivity index (χ0v) is 12.1. The highest BCUT2D eigenvalue weighted by Crippen LogP contribution is 2.12. The monoisotopic (exact) mass is 302 g/mol. The van der Waals surface area contributed by atoms with Crippen LogP contribution >= 0.6 is 0 Å². The van der Waals surface area contributed by atoms with Crippen molar-refractivity contribution in [2.24, 2.45) is 0 Å². The maximum absolute atomic E-state index is 11.7. The highest BCUT2D eigenvalue weighted by atomic mass is 32.2. The molecule has 1 unspecified atom stereocenters. The molecule has 3 N–H and O–H groups in total. The Bertz CT molecular complexity index is 530. The van der Waals surface area contributed by atoms with E-state index < -0.39 is 35.1 Å². The van der Waals surface area contributed by atoms with Crippen molar-refractivity contribution >= 4 is 16.3 Å². The zero-order valence-electron chi connectivity index (χ0n) is 11.2. The second-order valence-electron chi connectivity index (χ2n) is 4.32. The molecule has 1 rings (SSSR count). The van der Waals surface area contributed by atoms with Gasteiger partial charge in [-0.3, -0.25) is 0 Å². The summed E-state index contributed by atoms with van der Waals surface area (Å²) in [5, 5.41) is 9.25. The lowest BCUT2D eigenvalue weighted by Crippen LogP contribution is -2.43. The molecule has 0 aliphatic carbocycles. The van der Waals surface area contributed by atoms with Gasteiger partial charge in [-0.2, -0.15) is 13.1 Å². The van der Waals surface area contributed by atoms with Gasteiger partial charge in [0.05, 0.1) is 18.8 Å². The quantitative estimate of drug-likeness (QED) is 0.717. The number of carbonyl (C=O) groups is 1. The summed E-state index contributed by atoms with van der Waals surface area (Å²) in [7, 11) is -4.12. The summed E-state index contributed by atoms with van der Waals surface area (Å²) in [6, 6.07) is 7.68. The van der Waals surface area contributed by atoms with E-state index in [9.17, 15) is 18.3 Å². The van der Waals surface area contributed by atoms with Crippen molar-refractivity contribution in [3.8, 4) is 0 Å². The van der Waals surface area contributed by atoms with Crippen molar-refractivity contribution in [2.75, 3.05) is 6.61 Å². The first kappa shape index (κ1) is 16.4. The Morgan fingerprint density at radius 2 is 1.90 bits per heavy atom. The van der Waals surface area contributed by atoms with E-state index in [0.717, 1.165) is 0 Å². The number of aliphatic hydroxyl groups is 1. The lowest BCUT2D eigenvalue weighted by atomic mass is 10.1. The molecule has 1 atom stereocenters. The van der Waals surface area contributed by atoms with Gasteiger partial charge >= 0.3 is 16.3 Å². The molecule has 0 spiro atoms. The Hall–Kier alpha value is -1.64. The first-order valence-corrected chi connectivity index (χ1v) is 7.49. The number of aliphatic hydroxyl groups excluding tert-OH is 1. The van der Waals surface area contributed by atoms with Crippen LogP contribution in [0.15, 0.2) is 30.3 Å². The van der Waals surface area contributed by atoms with Crippen molar-refractivity contribution in [3.63, 3.8) is 0 Å². The van der Waals surface area contributed by atoms with Crippen molar-refractivity contribution in [1.29, 1.82) is 0 Å². The van der Waals surface area contributed by atoms with Crippen molar-refractivity contribution in [1.82, 2.24) is 9.44 Å². The molecule has 0 aliphatic rings. The number of benzene rings is 1. The maximum atomic E-state index is 11.7. The second kappa shape index (κ2) is 7.22. The Labute approximate surface area is 118 Å². The predicted molar refractivity (Wildman–Crippen MR) is 73.1 cm³/mol. The number of hydrogen-bond acceptors (Lipinski definition) is 5. The lowest BCUT2D eigenvalue weighted by Gasteiger charge is -2.17. The summed E-state index contributed by atoms with van der Waals surface area (Å²) in [6.07, 6.45) is -1.51. The molecule has 0 bridgehead atoms. The Morgan fingerprint density at radius 3 is 2.40 bits per heavy atom. The summed E-state index contributed by atoms with van der Waals surface area (Å²) in [6.45, 7) is 2.75. The summed E-state index contributed by atoms with van der Waals surface area (Å²) < 4.78 is 32.0. The van der Waals surface area contributed by atoms with Gasteiger partial charge in [0.25, 0.3) is 0 Å². The molecule has 0 fully saturated rings. The number of rotatable bonds is 6. The maximum Gasteiger partial charge on any atom is 0.422 e. The first-order valence-electron chi connectivity index (χ1n) is 6.00. The van der Waals surface area contributed by atoms with Crippen molar-refractivity contribution < 1.29 is 23.1 Å². The number of amides is 1. The van der Waals surface area contributed by atoms with Crippen molar-refractivity contribution in [2.45, 2.75) is 26.0 Å². The third-order valence-electron chi connectivity index (χ3n) is 2.24. The molecule has 1 amide bonds. The van der Waals surface area contributed by atoms with Crippen LogP contribution < -0.4 is 9.44 Å². The number of carbonyl (C=O) groups excluding carboxylic acids is 1. The van der Waals surface area contributed by atoms with E-state index in [1.165, 1.54) is 0 Å². The average Bonchev–Trinajstić information content (AvgIpc) is 2.35. The van der Waals surface area contributed by atoms with Gasteiger partial charge in [-0.1, -0.05) is 30.3 Å². The molecule has 0 aromatic heterocycles. The van der Waals surface area contributed by atoms with Gasteiger partial charge in [0.15, 0.2) is 0 Å². The number of ether oxygens (including phenoxy) is 1. The van der Waals surface area contributed by atoms with E-state index >= 15 is 0 Å². The van der Waals surface area contributed by atoms with E-state index in [4.69, 9.17) is 0 Å². The van der Waals surface area contributed by atoms with Crippen LogP contribution in [0.2, 0.25) is 0 Å².